The van der Waals surface area contributed by atoms with E-state index in [2.05, 4.69) is 15.5 Å². The predicted molar refractivity (Wildman–Crippen MR) is 105 cm³/mol. The second-order valence-corrected chi connectivity index (χ2v) is 6.38. The average molecular weight is 398 g/mol. The summed E-state index contributed by atoms with van der Waals surface area (Å²) in [6.07, 6.45) is 0.644. The van der Waals surface area contributed by atoms with Crippen molar-refractivity contribution in [1.82, 2.24) is 10.4 Å². The van der Waals surface area contributed by atoms with Crippen molar-refractivity contribution in [3.63, 3.8) is 0 Å². The molecule has 1 aliphatic heterocycles. The van der Waals surface area contributed by atoms with E-state index in [1.807, 2.05) is 36.4 Å². The molecule has 8 heteroatoms. The number of hydrogen-bond acceptors (Lipinski definition) is 6. The lowest BCUT2D eigenvalue weighted by Crippen LogP contribution is -2.42. The number of benzene rings is 2. The van der Waals surface area contributed by atoms with Crippen LogP contribution in [0.4, 0.5) is 0 Å². The fourth-order valence-electron chi connectivity index (χ4n) is 2.75. The Labute approximate surface area is 165 Å². The minimum absolute atomic E-state index is 0.108. The third kappa shape index (κ3) is 3.70. The van der Waals surface area contributed by atoms with Gasteiger partial charge in [-0.1, -0.05) is 23.7 Å². The van der Waals surface area contributed by atoms with Crippen molar-refractivity contribution in [2.45, 2.75) is 6.10 Å². The quantitative estimate of drug-likeness (QED) is 0.415. The molecule has 142 valence electrons. The molecule has 0 fully saturated rings. The van der Waals surface area contributed by atoms with Gasteiger partial charge in [0.1, 0.15) is 17.5 Å². The molecule has 7 nitrogen and oxygen atoms in total. The number of halogens is 1. The maximum atomic E-state index is 12.3. The molecule has 1 atom stereocenters. The maximum Gasteiger partial charge on any atom is 0.284 e. The monoisotopic (exact) mass is 397 g/mol. The Bertz CT molecular complexity index is 1070. The van der Waals surface area contributed by atoms with Crippen LogP contribution in [0, 0.1) is 0 Å². The van der Waals surface area contributed by atoms with E-state index in [4.69, 9.17) is 25.8 Å². The molecule has 0 unspecified atom stereocenters. The molecule has 1 aliphatic rings. The number of carbonyl (C=O) groups excluding carboxylic acids is 1. The summed E-state index contributed by atoms with van der Waals surface area (Å²) in [5, 5.41) is 5.09. The molecule has 0 saturated heterocycles. The minimum atomic E-state index is -0.790. The van der Waals surface area contributed by atoms with Gasteiger partial charge in [-0.05, 0) is 36.4 Å². The molecule has 1 N–H and O–H groups in total. The minimum Gasteiger partial charge on any atom is -0.497 e. The fraction of sp³-hybridized carbons (Fsp3) is 0.150. The maximum absolute atomic E-state index is 12.3. The van der Waals surface area contributed by atoms with E-state index in [0.29, 0.717) is 22.8 Å². The van der Waals surface area contributed by atoms with Crippen LogP contribution in [0.3, 0.4) is 0 Å². The highest BCUT2D eigenvalue weighted by atomic mass is 35.5. The van der Waals surface area contributed by atoms with Crippen LogP contribution in [0.2, 0.25) is 5.15 Å². The summed E-state index contributed by atoms with van der Waals surface area (Å²) in [5.41, 5.74) is 3.74. The van der Waals surface area contributed by atoms with E-state index >= 15 is 0 Å². The molecular formula is C20H16ClN3O4. The summed E-state index contributed by atoms with van der Waals surface area (Å²) in [5.74, 6) is 1.42. The summed E-state index contributed by atoms with van der Waals surface area (Å²) in [7, 11) is 1.60. The molecule has 1 amide bonds. The molecule has 3 aromatic rings. The predicted octanol–water partition coefficient (Wildman–Crippen LogP) is 3.19. The van der Waals surface area contributed by atoms with E-state index in [9.17, 15) is 4.79 Å². The smallest absolute Gasteiger partial charge is 0.284 e. The fourth-order valence-corrected chi connectivity index (χ4v) is 2.95. The SMILES string of the molecule is COc1ccc2nc(Cl)c(/C=N\NC(=O)[C@H]3COc4ccccc4O3)cc2c1. The summed E-state index contributed by atoms with van der Waals surface area (Å²) in [4.78, 5) is 16.6. The van der Waals surface area contributed by atoms with Crippen LogP contribution in [0.15, 0.2) is 53.6 Å². The van der Waals surface area contributed by atoms with Gasteiger partial charge in [-0.15, -0.1) is 0 Å². The lowest BCUT2D eigenvalue weighted by Gasteiger charge is -2.24. The Morgan fingerprint density at radius 1 is 1.29 bits per heavy atom. The molecular weight excluding hydrogens is 382 g/mol. The third-order valence-corrected chi connectivity index (χ3v) is 4.48. The second kappa shape index (κ2) is 7.74. The van der Waals surface area contributed by atoms with E-state index < -0.39 is 12.0 Å². The number of methoxy groups -OCH3 is 1. The molecule has 2 heterocycles. The Morgan fingerprint density at radius 2 is 2.11 bits per heavy atom. The number of amides is 1. The lowest BCUT2D eigenvalue weighted by atomic mass is 10.1. The van der Waals surface area contributed by atoms with Gasteiger partial charge in [0.2, 0.25) is 6.10 Å². The number of aromatic nitrogens is 1. The van der Waals surface area contributed by atoms with Gasteiger partial charge >= 0.3 is 0 Å². The Kier molecular flexibility index (Phi) is 4.99. The molecule has 2 aromatic carbocycles. The van der Waals surface area contributed by atoms with Crippen LogP contribution in [0.5, 0.6) is 17.2 Å². The molecule has 0 bridgehead atoms. The Morgan fingerprint density at radius 3 is 2.93 bits per heavy atom. The van der Waals surface area contributed by atoms with Crippen molar-refractivity contribution in [3.8, 4) is 17.2 Å². The number of ether oxygens (including phenoxy) is 3. The Balaban J connectivity index is 1.46. The van der Waals surface area contributed by atoms with Gasteiger partial charge in [-0.3, -0.25) is 4.79 Å². The van der Waals surface area contributed by atoms with Gasteiger partial charge in [0.15, 0.2) is 11.5 Å². The van der Waals surface area contributed by atoms with Gasteiger partial charge in [-0.2, -0.15) is 5.10 Å². The van der Waals surface area contributed by atoms with Crippen molar-refractivity contribution in [1.29, 1.82) is 0 Å². The first kappa shape index (κ1) is 18.1. The van der Waals surface area contributed by atoms with Gasteiger partial charge in [0, 0.05) is 10.9 Å². The zero-order chi connectivity index (χ0) is 19.5. The second-order valence-electron chi connectivity index (χ2n) is 6.03. The largest absolute Gasteiger partial charge is 0.497 e. The van der Waals surface area contributed by atoms with Gasteiger partial charge in [0.05, 0.1) is 18.8 Å². The summed E-state index contributed by atoms with van der Waals surface area (Å²) < 4.78 is 16.4. The van der Waals surface area contributed by atoms with E-state index in [-0.39, 0.29) is 11.8 Å². The summed E-state index contributed by atoms with van der Waals surface area (Å²) in [6.45, 7) is 0.108. The number of hydrazone groups is 1. The van der Waals surface area contributed by atoms with Crippen molar-refractivity contribution < 1.29 is 19.0 Å². The number of nitrogens with zero attached hydrogens (tertiary/aromatic N) is 2. The highest BCUT2D eigenvalue weighted by Crippen LogP contribution is 2.30. The third-order valence-electron chi connectivity index (χ3n) is 4.18. The topological polar surface area (TPSA) is 82.0 Å². The molecule has 0 radical (unpaired) electrons. The molecule has 0 aliphatic carbocycles. The normalized spacial score (nSPS) is 15.6. The first-order chi connectivity index (χ1) is 13.6. The number of fused-ring (bicyclic) bond motifs is 2. The van der Waals surface area contributed by atoms with E-state index in [0.717, 1.165) is 10.9 Å². The van der Waals surface area contributed by atoms with Gasteiger partial charge < -0.3 is 14.2 Å². The van der Waals surface area contributed by atoms with Crippen molar-refractivity contribution in [2.24, 2.45) is 5.10 Å². The lowest BCUT2D eigenvalue weighted by molar-refractivity contribution is -0.130. The number of carbonyl (C=O) groups is 1. The summed E-state index contributed by atoms with van der Waals surface area (Å²) >= 11 is 6.21. The first-order valence-corrected chi connectivity index (χ1v) is 8.87. The van der Waals surface area contributed by atoms with Crippen molar-refractivity contribution >= 4 is 34.6 Å². The number of rotatable bonds is 4. The number of nitrogens with one attached hydrogen (secondary N) is 1. The number of para-hydroxylation sites is 2. The molecule has 0 spiro atoms. The molecule has 4 rings (SSSR count). The van der Waals surface area contributed by atoms with Crippen LogP contribution in [-0.4, -0.2) is 36.9 Å². The van der Waals surface area contributed by atoms with E-state index in [1.165, 1.54) is 6.21 Å². The van der Waals surface area contributed by atoms with Crippen LogP contribution in [0.25, 0.3) is 10.9 Å². The molecule has 1 aromatic heterocycles. The average Bonchev–Trinajstić information content (AvgIpc) is 2.73. The summed E-state index contributed by atoms with van der Waals surface area (Å²) in [6, 6.07) is 14.5. The van der Waals surface area contributed by atoms with Crippen molar-refractivity contribution in [3.05, 3.63) is 59.2 Å². The number of pyridine rings is 1. The zero-order valence-corrected chi connectivity index (χ0v) is 15.6. The Hall–Kier alpha value is -3.32. The van der Waals surface area contributed by atoms with E-state index in [1.54, 1.807) is 19.2 Å². The van der Waals surface area contributed by atoms with Crippen molar-refractivity contribution in [2.75, 3.05) is 13.7 Å². The van der Waals surface area contributed by atoms with Crippen LogP contribution < -0.4 is 19.6 Å². The van der Waals surface area contributed by atoms with Gasteiger partial charge in [0.25, 0.3) is 5.91 Å². The van der Waals surface area contributed by atoms with Gasteiger partial charge in [-0.25, -0.2) is 10.4 Å². The first-order valence-electron chi connectivity index (χ1n) is 8.50. The highest BCUT2D eigenvalue weighted by molar-refractivity contribution is 6.32. The van der Waals surface area contributed by atoms with Crippen LogP contribution in [0.1, 0.15) is 5.56 Å². The standard InChI is InChI=1S/C20H16ClN3O4/c1-26-14-6-7-15-12(9-14)8-13(19(21)23-15)10-22-24-20(25)18-11-27-16-4-2-3-5-17(16)28-18/h2-10,18H,11H2,1H3,(H,24,25)/b22-10-/t18-/m1/s1. The highest BCUT2D eigenvalue weighted by Gasteiger charge is 2.27. The molecule has 0 saturated carbocycles. The van der Waals surface area contributed by atoms with Crippen LogP contribution >= 0.6 is 11.6 Å². The molecule has 28 heavy (non-hydrogen) atoms. The number of hydrogen-bond donors (Lipinski definition) is 1. The van der Waals surface area contributed by atoms with Crippen LogP contribution in [-0.2, 0) is 4.79 Å². The zero-order valence-electron chi connectivity index (χ0n) is 14.9.